The van der Waals surface area contributed by atoms with E-state index in [1.54, 1.807) is 6.26 Å². The lowest BCUT2D eigenvalue weighted by Gasteiger charge is -2.26. The molecule has 0 unspecified atom stereocenters. The van der Waals surface area contributed by atoms with Crippen LogP contribution in [0.4, 0.5) is 0 Å². The van der Waals surface area contributed by atoms with Gasteiger partial charge in [-0.3, -0.25) is 14.2 Å². The molecular weight excluding hydrogens is 378 g/mol. The average molecular weight is 406 g/mol. The van der Waals surface area contributed by atoms with E-state index >= 15 is 0 Å². The van der Waals surface area contributed by atoms with E-state index in [-0.39, 0.29) is 30.0 Å². The highest BCUT2D eigenvalue weighted by atomic mass is 32.2. The van der Waals surface area contributed by atoms with Crippen molar-refractivity contribution in [1.82, 2.24) is 20.1 Å². The van der Waals surface area contributed by atoms with Gasteiger partial charge in [-0.1, -0.05) is 18.7 Å². The normalized spacial score (nSPS) is 19.5. The molecule has 1 aliphatic rings. The highest BCUT2D eigenvalue weighted by molar-refractivity contribution is 7.99. The summed E-state index contributed by atoms with van der Waals surface area (Å²) in [6, 6.07) is 3.95. The van der Waals surface area contributed by atoms with Crippen LogP contribution in [0.1, 0.15) is 50.6 Å². The summed E-state index contributed by atoms with van der Waals surface area (Å²) in [7, 11) is 0. The summed E-state index contributed by atoms with van der Waals surface area (Å²) in [6.07, 6.45) is 6.62. The van der Waals surface area contributed by atoms with Gasteiger partial charge in [-0.25, -0.2) is 0 Å². The Kier molecular flexibility index (Phi) is 7.13. The first-order valence-corrected chi connectivity index (χ1v) is 10.6. The van der Waals surface area contributed by atoms with Crippen LogP contribution in [-0.2, 0) is 22.6 Å². The molecule has 2 aromatic heterocycles. The molecule has 0 aromatic carbocycles. The Labute approximate surface area is 168 Å². The molecule has 2 heterocycles. The molecular formula is C19H27N5O3S. The highest BCUT2D eigenvalue weighted by Gasteiger charge is 2.21. The predicted octanol–water partition coefficient (Wildman–Crippen LogP) is 2.12. The van der Waals surface area contributed by atoms with Gasteiger partial charge in [0.15, 0.2) is 5.16 Å². The van der Waals surface area contributed by atoms with Crippen LogP contribution in [-0.4, -0.2) is 38.4 Å². The van der Waals surface area contributed by atoms with Gasteiger partial charge in [-0.15, -0.1) is 10.2 Å². The topological polar surface area (TPSA) is 116 Å². The van der Waals surface area contributed by atoms with E-state index < -0.39 is 0 Å². The largest absolute Gasteiger partial charge is 0.467 e. The van der Waals surface area contributed by atoms with Crippen LogP contribution in [0.5, 0.6) is 0 Å². The number of nitrogens with zero attached hydrogens (tertiary/aromatic N) is 3. The summed E-state index contributed by atoms with van der Waals surface area (Å²) in [5.41, 5.74) is 5.26. The Morgan fingerprint density at radius 1 is 1.32 bits per heavy atom. The van der Waals surface area contributed by atoms with Gasteiger partial charge in [-0.05, 0) is 43.7 Å². The number of rotatable bonds is 9. The second-order valence-electron chi connectivity index (χ2n) is 7.34. The first-order chi connectivity index (χ1) is 13.5. The number of hydrogen-bond acceptors (Lipinski definition) is 6. The molecule has 3 N–H and O–H groups in total. The second kappa shape index (κ2) is 9.77. The maximum Gasteiger partial charge on any atom is 0.230 e. The summed E-state index contributed by atoms with van der Waals surface area (Å²) in [5.74, 6) is 2.06. The van der Waals surface area contributed by atoms with Crippen LogP contribution < -0.4 is 11.1 Å². The third kappa shape index (κ3) is 5.85. The zero-order valence-corrected chi connectivity index (χ0v) is 16.9. The van der Waals surface area contributed by atoms with E-state index in [1.807, 2.05) is 16.7 Å². The number of carbonyl (C=O) groups excluding carboxylic acids is 2. The minimum atomic E-state index is -0.386. The highest BCUT2D eigenvalue weighted by Crippen LogP contribution is 2.24. The van der Waals surface area contributed by atoms with Crippen molar-refractivity contribution in [3.63, 3.8) is 0 Å². The van der Waals surface area contributed by atoms with Crippen molar-refractivity contribution in [2.45, 2.75) is 63.2 Å². The number of nitrogens with one attached hydrogen (secondary N) is 1. The van der Waals surface area contributed by atoms with Crippen LogP contribution in [0.2, 0.25) is 0 Å². The van der Waals surface area contributed by atoms with E-state index in [0.717, 1.165) is 24.5 Å². The molecule has 2 aromatic rings. The number of carbonyl (C=O) groups is 2. The predicted molar refractivity (Wildman–Crippen MR) is 106 cm³/mol. The van der Waals surface area contributed by atoms with Crippen molar-refractivity contribution >= 4 is 23.6 Å². The first-order valence-electron chi connectivity index (χ1n) is 9.66. The maximum absolute atomic E-state index is 12.3. The molecule has 28 heavy (non-hydrogen) atoms. The summed E-state index contributed by atoms with van der Waals surface area (Å²) < 4.78 is 7.30. The number of primary amides is 1. The molecule has 0 radical (unpaired) electrons. The molecule has 0 bridgehead atoms. The number of nitrogens with two attached hydrogens (primary N) is 1. The molecule has 8 nitrogen and oxygen atoms in total. The van der Waals surface area contributed by atoms with Crippen LogP contribution in [0.15, 0.2) is 28.0 Å². The molecule has 0 atom stereocenters. The molecule has 1 aliphatic carbocycles. The van der Waals surface area contributed by atoms with Crippen LogP contribution >= 0.6 is 11.8 Å². The molecule has 0 spiro atoms. The molecule has 1 saturated carbocycles. The number of hydrogen-bond donors (Lipinski definition) is 2. The van der Waals surface area contributed by atoms with Crippen LogP contribution in [0.3, 0.4) is 0 Å². The van der Waals surface area contributed by atoms with Crippen molar-refractivity contribution in [1.29, 1.82) is 0 Å². The van der Waals surface area contributed by atoms with E-state index in [9.17, 15) is 9.59 Å². The minimum Gasteiger partial charge on any atom is -0.467 e. The van der Waals surface area contributed by atoms with Gasteiger partial charge in [0.25, 0.3) is 0 Å². The molecule has 9 heteroatoms. The fourth-order valence-corrected chi connectivity index (χ4v) is 4.13. The molecule has 1 fully saturated rings. The van der Waals surface area contributed by atoms with Gasteiger partial charge < -0.3 is 15.5 Å². The van der Waals surface area contributed by atoms with Gasteiger partial charge in [0.05, 0.1) is 18.6 Å². The number of aryl methyl sites for hydroxylation is 1. The summed E-state index contributed by atoms with van der Waals surface area (Å²) in [4.78, 5) is 23.5. The Hall–Kier alpha value is -2.29. The van der Waals surface area contributed by atoms with E-state index in [4.69, 9.17) is 10.2 Å². The standard InChI is InChI=1S/C19H27N5O3S/c1-13-4-6-14(7-5-13)21-18(26)12-28-19-23-22-17(9-8-16(20)25)24(19)11-15-3-2-10-27-15/h2-3,10,13-14H,4-9,11-12H2,1H3,(H2,20,25)(H,21,26). The van der Waals surface area contributed by atoms with Gasteiger partial charge in [0.2, 0.25) is 11.8 Å². The van der Waals surface area contributed by atoms with Gasteiger partial charge in [0, 0.05) is 18.9 Å². The average Bonchev–Trinajstić information content (AvgIpc) is 3.31. The third-order valence-electron chi connectivity index (χ3n) is 5.00. The zero-order valence-electron chi connectivity index (χ0n) is 16.1. The fourth-order valence-electron chi connectivity index (χ4n) is 3.37. The number of amides is 2. The summed E-state index contributed by atoms with van der Waals surface area (Å²) >= 11 is 1.34. The lowest BCUT2D eigenvalue weighted by atomic mass is 9.87. The summed E-state index contributed by atoms with van der Waals surface area (Å²) in [5, 5.41) is 12.1. The van der Waals surface area contributed by atoms with Crippen LogP contribution in [0.25, 0.3) is 0 Å². The SMILES string of the molecule is CC1CCC(NC(=O)CSc2nnc(CCC(N)=O)n2Cc2ccco2)CC1. The minimum absolute atomic E-state index is 0.00999. The fraction of sp³-hybridized carbons (Fsp3) is 0.579. The monoisotopic (exact) mass is 405 g/mol. The first kappa shape index (κ1) is 20.4. The quantitative estimate of drug-likeness (QED) is 0.617. The Balaban J connectivity index is 1.60. The molecule has 152 valence electrons. The molecule has 3 rings (SSSR count). The Morgan fingerprint density at radius 3 is 2.79 bits per heavy atom. The van der Waals surface area contributed by atoms with Crippen molar-refractivity contribution in [2.24, 2.45) is 11.7 Å². The van der Waals surface area contributed by atoms with E-state index in [1.165, 1.54) is 24.6 Å². The Morgan fingerprint density at radius 2 is 2.11 bits per heavy atom. The smallest absolute Gasteiger partial charge is 0.230 e. The van der Waals surface area contributed by atoms with Crippen molar-refractivity contribution in [3.05, 3.63) is 30.0 Å². The number of thioether (sulfide) groups is 1. The number of aromatic nitrogens is 3. The lowest BCUT2D eigenvalue weighted by molar-refractivity contribution is -0.119. The summed E-state index contributed by atoms with van der Waals surface area (Å²) in [6.45, 7) is 2.70. The van der Waals surface area contributed by atoms with Gasteiger partial charge >= 0.3 is 0 Å². The van der Waals surface area contributed by atoms with E-state index in [0.29, 0.717) is 23.9 Å². The molecule has 2 amide bonds. The van der Waals surface area contributed by atoms with Gasteiger partial charge in [-0.2, -0.15) is 0 Å². The van der Waals surface area contributed by atoms with Crippen molar-refractivity contribution in [2.75, 3.05) is 5.75 Å². The molecule has 0 saturated heterocycles. The lowest BCUT2D eigenvalue weighted by Crippen LogP contribution is -2.38. The molecule has 0 aliphatic heterocycles. The zero-order chi connectivity index (χ0) is 19.9. The van der Waals surface area contributed by atoms with Crippen molar-refractivity contribution in [3.8, 4) is 0 Å². The van der Waals surface area contributed by atoms with Crippen molar-refractivity contribution < 1.29 is 14.0 Å². The van der Waals surface area contributed by atoms with E-state index in [2.05, 4.69) is 22.4 Å². The maximum atomic E-state index is 12.3. The number of furan rings is 1. The Bertz CT molecular complexity index is 782. The second-order valence-corrected chi connectivity index (χ2v) is 8.29. The van der Waals surface area contributed by atoms with Gasteiger partial charge in [0.1, 0.15) is 11.6 Å². The van der Waals surface area contributed by atoms with Crippen LogP contribution in [0, 0.1) is 5.92 Å². The third-order valence-corrected chi connectivity index (χ3v) is 5.96.